The van der Waals surface area contributed by atoms with E-state index in [4.69, 9.17) is 9.47 Å². The molecule has 2 aromatic carbocycles. The molecule has 0 bridgehead atoms. The lowest BCUT2D eigenvalue weighted by Gasteiger charge is -2.33. The van der Waals surface area contributed by atoms with Crippen LogP contribution in [0.1, 0.15) is 51.5 Å². The number of ether oxygens (including phenoxy) is 2. The number of benzene rings is 2. The lowest BCUT2D eigenvalue weighted by atomic mass is 9.95. The lowest BCUT2D eigenvalue weighted by molar-refractivity contribution is -0.139. The number of nitrogens with one attached hydrogen (secondary N) is 1. The lowest BCUT2D eigenvalue weighted by Crippen LogP contribution is -2.53. The van der Waals surface area contributed by atoms with Gasteiger partial charge in [0.1, 0.15) is 24.1 Å². The standard InChI is InChI=1S/C28H39N3O6S/c1-5-37-26-17-10-9-16-25(26)31(38(4,34)35)20-27(32)30(19-22-12-11-15-24(18-22)36-3)21(2)28(33)29-23-13-7-6-8-14-23/h9-12,15-18,21,23H,5-8,13-14,19-20H2,1-4H3,(H,29,33)/t21-/m0/s1. The Morgan fingerprint density at radius 3 is 2.45 bits per heavy atom. The monoisotopic (exact) mass is 545 g/mol. The first-order valence-electron chi connectivity index (χ1n) is 13.1. The fourth-order valence-corrected chi connectivity index (χ4v) is 5.51. The number of hydrogen-bond donors (Lipinski definition) is 1. The van der Waals surface area contributed by atoms with Crippen LogP contribution in [0.3, 0.4) is 0 Å². The van der Waals surface area contributed by atoms with Crippen molar-refractivity contribution in [2.75, 3.05) is 30.8 Å². The molecule has 0 saturated heterocycles. The minimum atomic E-state index is -3.85. The van der Waals surface area contributed by atoms with Crippen molar-refractivity contribution in [2.45, 2.75) is 64.6 Å². The molecular weight excluding hydrogens is 506 g/mol. The summed E-state index contributed by atoms with van der Waals surface area (Å²) in [6.07, 6.45) is 6.17. The van der Waals surface area contributed by atoms with E-state index in [1.54, 1.807) is 57.4 Å². The summed E-state index contributed by atoms with van der Waals surface area (Å²) in [6, 6.07) is 13.2. The number of amides is 2. The van der Waals surface area contributed by atoms with Crippen molar-refractivity contribution in [3.8, 4) is 11.5 Å². The van der Waals surface area contributed by atoms with Crippen molar-refractivity contribution in [1.82, 2.24) is 10.2 Å². The summed E-state index contributed by atoms with van der Waals surface area (Å²) < 4.78 is 37.7. The molecule has 1 saturated carbocycles. The van der Waals surface area contributed by atoms with Crippen molar-refractivity contribution >= 4 is 27.5 Å². The molecule has 9 nitrogen and oxygen atoms in total. The number of para-hydroxylation sites is 2. The van der Waals surface area contributed by atoms with Gasteiger partial charge in [0.2, 0.25) is 21.8 Å². The highest BCUT2D eigenvalue weighted by Gasteiger charge is 2.32. The van der Waals surface area contributed by atoms with Crippen molar-refractivity contribution < 1.29 is 27.5 Å². The normalized spacial score (nSPS) is 14.8. The fraction of sp³-hybridized carbons (Fsp3) is 0.500. The summed E-state index contributed by atoms with van der Waals surface area (Å²) in [7, 11) is -2.30. The Kier molecular flexibility index (Phi) is 10.4. The molecule has 38 heavy (non-hydrogen) atoms. The van der Waals surface area contributed by atoms with Gasteiger partial charge in [-0.25, -0.2) is 8.42 Å². The molecule has 1 aliphatic carbocycles. The van der Waals surface area contributed by atoms with Crippen LogP contribution in [0.4, 0.5) is 5.69 Å². The van der Waals surface area contributed by atoms with Crippen molar-refractivity contribution in [2.24, 2.45) is 0 Å². The smallest absolute Gasteiger partial charge is 0.244 e. The zero-order chi connectivity index (χ0) is 27.7. The second kappa shape index (κ2) is 13.5. The molecular formula is C28H39N3O6S. The molecule has 0 heterocycles. The third-order valence-corrected chi connectivity index (χ3v) is 7.85. The molecule has 1 N–H and O–H groups in total. The number of rotatable bonds is 12. The van der Waals surface area contributed by atoms with E-state index in [2.05, 4.69) is 5.32 Å². The molecule has 1 aliphatic rings. The molecule has 1 atom stereocenters. The van der Waals surface area contributed by atoms with E-state index in [-0.39, 0.29) is 24.2 Å². The molecule has 1 fully saturated rings. The quantitative estimate of drug-likeness (QED) is 0.436. The molecule has 208 valence electrons. The van der Waals surface area contributed by atoms with Gasteiger partial charge in [0.25, 0.3) is 0 Å². The maximum atomic E-state index is 13.8. The number of carbonyl (C=O) groups excluding carboxylic acids is 2. The summed E-state index contributed by atoms with van der Waals surface area (Å²) in [5, 5.41) is 3.09. The number of methoxy groups -OCH3 is 1. The Balaban J connectivity index is 1.91. The Bertz CT molecular complexity index is 1200. The fourth-order valence-electron chi connectivity index (χ4n) is 4.65. The first-order chi connectivity index (χ1) is 18.1. The van der Waals surface area contributed by atoms with Crippen LogP contribution in [0.2, 0.25) is 0 Å². The third kappa shape index (κ3) is 7.86. The van der Waals surface area contributed by atoms with E-state index in [0.29, 0.717) is 18.1 Å². The molecule has 0 radical (unpaired) electrons. The molecule has 10 heteroatoms. The van der Waals surface area contributed by atoms with Crippen LogP contribution in [0.15, 0.2) is 48.5 Å². The third-order valence-electron chi connectivity index (χ3n) is 6.72. The minimum absolute atomic E-state index is 0.0815. The number of hydrogen-bond acceptors (Lipinski definition) is 6. The first kappa shape index (κ1) is 29.3. The van der Waals surface area contributed by atoms with Gasteiger partial charge in [0, 0.05) is 12.6 Å². The van der Waals surface area contributed by atoms with Gasteiger partial charge in [-0.3, -0.25) is 13.9 Å². The summed E-state index contributed by atoms with van der Waals surface area (Å²) in [6.45, 7) is 3.45. The van der Waals surface area contributed by atoms with Crippen LogP contribution in [-0.2, 0) is 26.2 Å². The van der Waals surface area contributed by atoms with Crippen molar-refractivity contribution in [3.05, 3.63) is 54.1 Å². The van der Waals surface area contributed by atoms with Gasteiger partial charge in [-0.2, -0.15) is 0 Å². The molecule has 0 aromatic heterocycles. The van der Waals surface area contributed by atoms with Crippen molar-refractivity contribution in [3.63, 3.8) is 0 Å². The number of sulfonamides is 1. The first-order valence-corrected chi connectivity index (χ1v) is 14.9. The Hall–Kier alpha value is -3.27. The predicted octanol–water partition coefficient (Wildman–Crippen LogP) is 3.73. The minimum Gasteiger partial charge on any atom is -0.497 e. The Morgan fingerprint density at radius 1 is 1.08 bits per heavy atom. The second-order valence-electron chi connectivity index (χ2n) is 9.56. The summed E-state index contributed by atoms with van der Waals surface area (Å²) >= 11 is 0. The van der Waals surface area contributed by atoms with E-state index in [0.717, 1.165) is 48.2 Å². The van der Waals surface area contributed by atoms with E-state index >= 15 is 0 Å². The SMILES string of the molecule is CCOc1ccccc1N(CC(=O)N(Cc1cccc(OC)c1)[C@@H](C)C(=O)NC1CCCCC1)S(C)(=O)=O. The van der Waals surface area contributed by atoms with Gasteiger partial charge in [0.15, 0.2) is 0 Å². The van der Waals surface area contributed by atoms with E-state index < -0.39 is 28.5 Å². The van der Waals surface area contributed by atoms with Crippen LogP contribution < -0.4 is 19.1 Å². The second-order valence-corrected chi connectivity index (χ2v) is 11.5. The van der Waals surface area contributed by atoms with Crippen LogP contribution in [0, 0.1) is 0 Å². The highest BCUT2D eigenvalue weighted by molar-refractivity contribution is 7.92. The molecule has 2 aromatic rings. The zero-order valence-electron chi connectivity index (χ0n) is 22.7. The highest BCUT2D eigenvalue weighted by atomic mass is 32.2. The molecule has 0 aliphatic heterocycles. The van der Waals surface area contributed by atoms with Gasteiger partial charge in [-0.1, -0.05) is 43.5 Å². The highest BCUT2D eigenvalue weighted by Crippen LogP contribution is 2.30. The number of nitrogens with zero attached hydrogens (tertiary/aromatic N) is 2. The number of carbonyl (C=O) groups is 2. The molecule has 2 amide bonds. The topological polar surface area (TPSA) is 105 Å². The maximum absolute atomic E-state index is 13.8. The summed E-state index contributed by atoms with van der Waals surface area (Å²) in [5.74, 6) is 0.220. The predicted molar refractivity (Wildman–Crippen MR) is 148 cm³/mol. The van der Waals surface area contributed by atoms with Crippen LogP contribution >= 0.6 is 0 Å². The summed E-state index contributed by atoms with van der Waals surface area (Å²) in [5.41, 5.74) is 1.03. The van der Waals surface area contributed by atoms with Gasteiger partial charge < -0.3 is 19.7 Å². The molecule has 0 spiro atoms. The van der Waals surface area contributed by atoms with E-state index in [9.17, 15) is 18.0 Å². The number of anilines is 1. The molecule has 0 unspecified atom stereocenters. The van der Waals surface area contributed by atoms with E-state index in [1.165, 1.54) is 4.90 Å². The summed E-state index contributed by atoms with van der Waals surface area (Å²) in [4.78, 5) is 28.5. The molecule has 3 rings (SSSR count). The van der Waals surface area contributed by atoms with Crippen LogP contribution in [-0.4, -0.2) is 63.7 Å². The van der Waals surface area contributed by atoms with Crippen molar-refractivity contribution in [1.29, 1.82) is 0 Å². The average Bonchev–Trinajstić information content (AvgIpc) is 2.90. The van der Waals surface area contributed by atoms with E-state index in [1.807, 2.05) is 12.1 Å². The average molecular weight is 546 g/mol. The van der Waals surface area contributed by atoms with Crippen LogP contribution in [0.5, 0.6) is 11.5 Å². The largest absolute Gasteiger partial charge is 0.497 e. The zero-order valence-corrected chi connectivity index (χ0v) is 23.5. The van der Waals surface area contributed by atoms with Crippen LogP contribution in [0.25, 0.3) is 0 Å². The van der Waals surface area contributed by atoms with Gasteiger partial charge in [0.05, 0.1) is 25.7 Å². The Labute approximate surface area is 226 Å². The van der Waals surface area contributed by atoms with Gasteiger partial charge in [-0.15, -0.1) is 0 Å². The Morgan fingerprint density at radius 2 is 1.79 bits per heavy atom. The maximum Gasteiger partial charge on any atom is 0.244 e. The van der Waals surface area contributed by atoms with Gasteiger partial charge >= 0.3 is 0 Å². The van der Waals surface area contributed by atoms with Gasteiger partial charge in [-0.05, 0) is 56.5 Å².